The van der Waals surface area contributed by atoms with E-state index in [0.717, 1.165) is 17.7 Å². The molecule has 0 aromatic heterocycles. The summed E-state index contributed by atoms with van der Waals surface area (Å²) >= 11 is 0. The maximum absolute atomic E-state index is 11.6. The SMILES string of the molecule is CNCC=Cc1cccc(CNC(=O)OC(C)(C)C)c1. The first-order chi connectivity index (χ1) is 9.40. The van der Waals surface area contributed by atoms with Crippen LogP contribution in [0.5, 0.6) is 0 Å². The van der Waals surface area contributed by atoms with Gasteiger partial charge < -0.3 is 15.4 Å². The number of hydrogen-bond acceptors (Lipinski definition) is 3. The second-order valence-corrected chi connectivity index (χ2v) is 5.56. The van der Waals surface area contributed by atoms with Gasteiger partial charge in [-0.1, -0.05) is 30.4 Å². The number of amides is 1. The van der Waals surface area contributed by atoms with Gasteiger partial charge in [0.25, 0.3) is 0 Å². The van der Waals surface area contributed by atoms with E-state index in [1.54, 1.807) is 0 Å². The topological polar surface area (TPSA) is 50.4 Å². The lowest BCUT2D eigenvalue weighted by Gasteiger charge is -2.19. The van der Waals surface area contributed by atoms with Crippen LogP contribution in [0.2, 0.25) is 0 Å². The summed E-state index contributed by atoms with van der Waals surface area (Å²) in [7, 11) is 1.91. The molecule has 0 aliphatic heterocycles. The van der Waals surface area contributed by atoms with E-state index >= 15 is 0 Å². The third-order valence-corrected chi connectivity index (χ3v) is 2.42. The molecule has 110 valence electrons. The second-order valence-electron chi connectivity index (χ2n) is 5.56. The van der Waals surface area contributed by atoms with Gasteiger partial charge in [0.15, 0.2) is 0 Å². The van der Waals surface area contributed by atoms with Crippen molar-refractivity contribution >= 4 is 12.2 Å². The summed E-state index contributed by atoms with van der Waals surface area (Å²) in [6.45, 7) is 6.84. The van der Waals surface area contributed by atoms with Crippen molar-refractivity contribution in [1.29, 1.82) is 0 Å². The Morgan fingerprint density at radius 3 is 2.75 bits per heavy atom. The summed E-state index contributed by atoms with van der Waals surface area (Å²) in [6.07, 6.45) is 3.71. The molecule has 20 heavy (non-hydrogen) atoms. The summed E-state index contributed by atoms with van der Waals surface area (Å²) in [6, 6.07) is 8.03. The van der Waals surface area contributed by atoms with Gasteiger partial charge in [-0.3, -0.25) is 0 Å². The Balaban J connectivity index is 2.52. The molecule has 0 heterocycles. The molecule has 0 bridgehead atoms. The highest BCUT2D eigenvalue weighted by atomic mass is 16.6. The molecule has 0 aliphatic carbocycles. The van der Waals surface area contributed by atoms with Gasteiger partial charge in [-0.05, 0) is 45.0 Å². The predicted molar refractivity (Wildman–Crippen MR) is 82.5 cm³/mol. The average Bonchev–Trinajstić information content (AvgIpc) is 2.35. The molecular formula is C16H24N2O2. The fourth-order valence-corrected chi connectivity index (χ4v) is 1.61. The molecule has 1 aromatic carbocycles. The molecule has 1 amide bonds. The van der Waals surface area contributed by atoms with Crippen molar-refractivity contribution in [2.75, 3.05) is 13.6 Å². The number of nitrogens with one attached hydrogen (secondary N) is 2. The van der Waals surface area contributed by atoms with Crippen molar-refractivity contribution in [2.24, 2.45) is 0 Å². The molecule has 0 aliphatic rings. The number of benzene rings is 1. The van der Waals surface area contributed by atoms with Crippen molar-refractivity contribution in [1.82, 2.24) is 10.6 Å². The standard InChI is InChI=1S/C16H24N2O2/c1-16(2,3)20-15(19)18-12-14-8-5-7-13(11-14)9-6-10-17-4/h5-9,11,17H,10,12H2,1-4H3,(H,18,19). The van der Waals surface area contributed by atoms with Gasteiger partial charge in [-0.2, -0.15) is 0 Å². The van der Waals surface area contributed by atoms with Gasteiger partial charge in [0.2, 0.25) is 0 Å². The van der Waals surface area contributed by atoms with Crippen LogP contribution in [0.4, 0.5) is 4.79 Å². The minimum absolute atomic E-state index is 0.395. The van der Waals surface area contributed by atoms with Crippen LogP contribution >= 0.6 is 0 Å². The van der Waals surface area contributed by atoms with Crippen molar-refractivity contribution in [2.45, 2.75) is 32.9 Å². The van der Waals surface area contributed by atoms with Crippen molar-refractivity contribution < 1.29 is 9.53 Å². The number of carbonyl (C=O) groups is 1. The van der Waals surface area contributed by atoms with Crippen molar-refractivity contribution in [3.63, 3.8) is 0 Å². The molecule has 1 aromatic rings. The monoisotopic (exact) mass is 276 g/mol. The number of alkyl carbamates (subject to hydrolysis) is 1. The summed E-state index contributed by atoms with van der Waals surface area (Å²) in [5.74, 6) is 0. The molecule has 0 saturated carbocycles. The lowest BCUT2D eigenvalue weighted by Crippen LogP contribution is -2.32. The van der Waals surface area contributed by atoms with Crippen molar-refractivity contribution in [3.8, 4) is 0 Å². The fourth-order valence-electron chi connectivity index (χ4n) is 1.61. The minimum Gasteiger partial charge on any atom is -0.444 e. The van der Waals surface area contributed by atoms with Gasteiger partial charge in [0.1, 0.15) is 5.60 Å². The Labute approximate surface area is 121 Å². The first-order valence-corrected chi connectivity index (χ1v) is 6.77. The highest BCUT2D eigenvalue weighted by molar-refractivity contribution is 5.67. The molecule has 2 N–H and O–H groups in total. The van der Waals surface area contributed by atoms with Gasteiger partial charge in [0.05, 0.1) is 0 Å². The Bertz CT molecular complexity index is 462. The molecule has 0 saturated heterocycles. The molecule has 0 atom stereocenters. The third kappa shape index (κ3) is 6.95. The van der Waals surface area contributed by atoms with Crippen molar-refractivity contribution in [3.05, 3.63) is 41.5 Å². The van der Waals surface area contributed by atoms with Crippen LogP contribution in [0.1, 0.15) is 31.9 Å². The third-order valence-electron chi connectivity index (χ3n) is 2.42. The van der Waals surface area contributed by atoms with E-state index in [2.05, 4.69) is 16.7 Å². The number of hydrogen-bond donors (Lipinski definition) is 2. The summed E-state index contributed by atoms with van der Waals surface area (Å²) in [4.78, 5) is 11.6. The summed E-state index contributed by atoms with van der Waals surface area (Å²) < 4.78 is 5.20. The largest absolute Gasteiger partial charge is 0.444 e. The van der Waals surface area contributed by atoms with Crippen LogP contribution in [0.15, 0.2) is 30.3 Å². The molecule has 0 fully saturated rings. The lowest BCUT2D eigenvalue weighted by atomic mass is 10.1. The molecule has 1 rings (SSSR count). The van der Waals surface area contributed by atoms with Gasteiger partial charge in [-0.25, -0.2) is 4.79 Å². The smallest absolute Gasteiger partial charge is 0.407 e. The van der Waals surface area contributed by atoms with E-state index in [4.69, 9.17) is 4.74 Å². The molecule has 0 radical (unpaired) electrons. The predicted octanol–water partition coefficient (Wildman–Crippen LogP) is 2.94. The molecule has 0 unspecified atom stereocenters. The molecule has 0 spiro atoms. The zero-order valence-corrected chi connectivity index (χ0v) is 12.7. The Morgan fingerprint density at radius 1 is 1.35 bits per heavy atom. The number of likely N-dealkylation sites (N-methyl/N-ethyl adjacent to an activating group) is 1. The number of rotatable bonds is 5. The van der Waals surface area contributed by atoms with Crippen LogP contribution in [0, 0.1) is 0 Å². The average molecular weight is 276 g/mol. The maximum atomic E-state index is 11.6. The van der Waals surface area contributed by atoms with Crippen LogP contribution in [0.3, 0.4) is 0 Å². The van der Waals surface area contributed by atoms with Gasteiger partial charge in [0, 0.05) is 13.1 Å². The van der Waals surface area contributed by atoms with E-state index in [1.165, 1.54) is 0 Å². The summed E-state index contributed by atoms with van der Waals surface area (Å²) in [5, 5.41) is 5.81. The number of carbonyl (C=O) groups excluding carboxylic acids is 1. The number of ether oxygens (including phenoxy) is 1. The molecular weight excluding hydrogens is 252 g/mol. The Hall–Kier alpha value is -1.81. The highest BCUT2D eigenvalue weighted by Crippen LogP contribution is 2.09. The second kappa shape index (κ2) is 7.70. The fraction of sp³-hybridized carbons (Fsp3) is 0.438. The van der Waals surface area contributed by atoms with E-state index in [9.17, 15) is 4.79 Å². The van der Waals surface area contributed by atoms with E-state index in [0.29, 0.717) is 6.54 Å². The van der Waals surface area contributed by atoms with Gasteiger partial charge in [-0.15, -0.1) is 0 Å². The Kier molecular flexibility index (Phi) is 6.25. The van der Waals surface area contributed by atoms with E-state index in [-0.39, 0.29) is 0 Å². The quantitative estimate of drug-likeness (QED) is 0.869. The molecule has 4 heteroatoms. The van der Waals surface area contributed by atoms with Gasteiger partial charge >= 0.3 is 6.09 Å². The first kappa shape index (κ1) is 16.2. The zero-order chi connectivity index (χ0) is 15.0. The first-order valence-electron chi connectivity index (χ1n) is 6.77. The van der Waals surface area contributed by atoms with Crippen LogP contribution < -0.4 is 10.6 Å². The Morgan fingerprint density at radius 2 is 2.10 bits per heavy atom. The minimum atomic E-state index is -0.470. The highest BCUT2D eigenvalue weighted by Gasteiger charge is 2.15. The lowest BCUT2D eigenvalue weighted by molar-refractivity contribution is 0.0523. The normalized spacial score (nSPS) is 11.6. The molecule has 4 nitrogen and oxygen atoms in total. The maximum Gasteiger partial charge on any atom is 0.407 e. The van der Waals surface area contributed by atoms with Crippen LogP contribution in [-0.4, -0.2) is 25.3 Å². The van der Waals surface area contributed by atoms with Crippen LogP contribution in [-0.2, 0) is 11.3 Å². The van der Waals surface area contributed by atoms with E-state index in [1.807, 2.05) is 58.2 Å². The van der Waals surface area contributed by atoms with E-state index < -0.39 is 11.7 Å². The van der Waals surface area contributed by atoms with Crippen LogP contribution in [0.25, 0.3) is 6.08 Å². The summed E-state index contributed by atoms with van der Waals surface area (Å²) in [5.41, 5.74) is 1.69. The zero-order valence-electron chi connectivity index (χ0n) is 12.7.